The molecule has 1 aliphatic carbocycles. The number of nitrogens with one attached hydrogen (secondary N) is 1. The van der Waals surface area contributed by atoms with Crippen LogP contribution in [0.1, 0.15) is 67.3 Å². The molecule has 0 spiro atoms. The Bertz CT molecular complexity index is 766. The number of nitrogens with zero attached hydrogens (tertiary/aromatic N) is 1. The highest BCUT2D eigenvalue weighted by atomic mass is 32.2. The lowest BCUT2D eigenvalue weighted by Crippen LogP contribution is -2.32. The van der Waals surface area contributed by atoms with Crippen molar-refractivity contribution >= 4 is 27.7 Å². The molecule has 1 heterocycles. The Morgan fingerprint density at radius 1 is 1.11 bits per heavy atom. The van der Waals surface area contributed by atoms with E-state index in [9.17, 15) is 13.2 Å². The molecule has 5 nitrogen and oxygen atoms in total. The number of thioether (sulfide) groups is 1. The van der Waals surface area contributed by atoms with Gasteiger partial charge in [0.1, 0.15) is 0 Å². The molecule has 1 saturated carbocycles. The molecule has 1 aliphatic heterocycles. The zero-order valence-electron chi connectivity index (χ0n) is 16.8. The smallest absolute Gasteiger partial charge is 0.251 e. The van der Waals surface area contributed by atoms with Crippen molar-refractivity contribution in [2.75, 3.05) is 25.4 Å². The van der Waals surface area contributed by atoms with Crippen LogP contribution in [0.4, 0.5) is 0 Å². The quantitative estimate of drug-likeness (QED) is 0.673. The maximum absolute atomic E-state index is 13.0. The third kappa shape index (κ3) is 5.51. The van der Waals surface area contributed by atoms with Gasteiger partial charge >= 0.3 is 0 Å². The van der Waals surface area contributed by atoms with Crippen LogP contribution in [0.5, 0.6) is 0 Å². The lowest BCUT2D eigenvalue weighted by molar-refractivity contribution is 0.0955. The minimum atomic E-state index is -3.55. The van der Waals surface area contributed by atoms with E-state index in [-0.39, 0.29) is 10.8 Å². The van der Waals surface area contributed by atoms with Crippen LogP contribution in [0.15, 0.2) is 23.1 Å². The van der Waals surface area contributed by atoms with Crippen LogP contribution < -0.4 is 5.32 Å². The van der Waals surface area contributed by atoms with Gasteiger partial charge in [0, 0.05) is 36.2 Å². The molecule has 0 unspecified atom stereocenters. The Labute approximate surface area is 173 Å². The normalized spacial score (nSPS) is 19.5. The summed E-state index contributed by atoms with van der Waals surface area (Å²) in [5.41, 5.74) is 1.26. The number of benzene rings is 1. The van der Waals surface area contributed by atoms with E-state index in [4.69, 9.17) is 0 Å². The molecule has 3 rings (SSSR count). The summed E-state index contributed by atoms with van der Waals surface area (Å²) in [7, 11) is -3.55. The maximum Gasteiger partial charge on any atom is 0.251 e. The molecule has 0 atom stereocenters. The van der Waals surface area contributed by atoms with E-state index in [1.165, 1.54) is 25.7 Å². The third-order valence-electron chi connectivity index (χ3n) is 5.70. The molecule has 1 amide bonds. The Morgan fingerprint density at radius 3 is 2.46 bits per heavy atom. The molecular weight excluding hydrogens is 392 g/mol. The summed E-state index contributed by atoms with van der Waals surface area (Å²) in [6, 6.07) is 4.92. The molecule has 1 aromatic rings. The lowest BCUT2D eigenvalue weighted by atomic mass is 10.1. The zero-order chi connectivity index (χ0) is 20.0. The fourth-order valence-electron chi connectivity index (χ4n) is 3.98. The fraction of sp³-hybridized carbons (Fsp3) is 0.667. The second-order valence-corrected chi connectivity index (χ2v) is 11.2. The maximum atomic E-state index is 13.0. The Balaban J connectivity index is 1.63. The summed E-state index contributed by atoms with van der Waals surface area (Å²) >= 11 is 1.94. The van der Waals surface area contributed by atoms with Gasteiger partial charge in [0.05, 0.1) is 4.90 Å². The molecule has 1 N–H and O–H groups in total. The number of sulfonamides is 1. The van der Waals surface area contributed by atoms with Gasteiger partial charge in [0.2, 0.25) is 10.0 Å². The second-order valence-electron chi connectivity index (χ2n) is 7.83. The first-order valence-corrected chi connectivity index (χ1v) is 13.0. The van der Waals surface area contributed by atoms with Gasteiger partial charge in [-0.1, -0.05) is 31.7 Å². The highest BCUT2D eigenvalue weighted by Crippen LogP contribution is 2.29. The van der Waals surface area contributed by atoms with Crippen LogP contribution in [0.3, 0.4) is 0 Å². The summed E-state index contributed by atoms with van der Waals surface area (Å²) < 4.78 is 27.6. The van der Waals surface area contributed by atoms with Gasteiger partial charge in [-0.2, -0.15) is 16.1 Å². The summed E-state index contributed by atoms with van der Waals surface area (Å²) in [4.78, 5) is 12.9. The standard InChI is InChI=1S/C21H32N2O3S2/c1-17-10-11-19(28(25,26)23-13-6-2-3-7-14-23)16-20(17)21(24)22-12-15-27-18-8-4-5-9-18/h10-11,16,18H,2-9,12-15H2,1H3,(H,22,24). The number of rotatable bonds is 7. The molecule has 1 aromatic carbocycles. The van der Waals surface area contributed by atoms with Gasteiger partial charge in [0.15, 0.2) is 0 Å². The molecule has 28 heavy (non-hydrogen) atoms. The van der Waals surface area contributed by atoms with Gasteiger partial charge in [-0.05, 0) is 50.3 Å². The highest BCUT2D eigenvalue weighted by Gasteiger charge is 2.26. The van der Waals surface area contributed by atoms with E-state index in [1.807, 2.05) is 18.7 Å². The van der Waals surface area contributed by atoms with E-state index >= 15 is 0 Å². The van der Waals surface area contributed by atoms with Crippen molar-refractivity contribution in [3.05, 3.63) is 29.3 Å². The van der Waals surface area contributed by atoms with Crippen LogP contribution in [-0.2, 0) is 10.0 Å². The van der Waals surface area contributed by atoms with Gasteiger partial charge in [-0.15, -0.1) is 0 Å². The van der Waals surface area contributed by atoms with E-state index in [0.29, 0.717) is 25.2 Å². The SMILES string of the molecule is Cc1ccc(S(=O)(=O)N2CCCCCC2)cc1C(=O)NCCSC1CCCC1. The number of hydrogen-bond acceptors (Lipinski definition) is 4. The zero-order valence-corrected chi connectivity index (χ0v) is 18.4. The minimum Gasteiger partial charge on any atom is -0.351 e. The second kappa shape index (κ2) is 10.1. The lowest BCUT2D eigenvalue weighted by Gasteiger charge is -2.20. The first-order valence-electron chi connectivity index (χ1n) is 10.5. The van der Waals surface area contributed by atoms with Gasteiger partial charge in [-0.25, -0.2) is 8.42 Å². The number of carbonyl (C=O) groups excluding carboxylic acids is 1. The van der Waals surface area contributed by atoms with E-state index in [2.05, 4.69) is 5.32 Å². The molecule has 2 aliphatic rings. The molecule has 2 fully saturated rings. The molecular formula is C21H32N2O3S2. The van der Waals surface area contributed by atoms with Crippen molar-refractivity contribution in [3.63, 3.8) is 0 Å². The summed E-state index contributed by atoms with van der Waals surface area (Å²) in [6.07, 6.45) is 9.17. The Kier molecular flexibility index (Phi) is 7.83. The molecule has 0 bridgehead atoms. The van der Waals surface area contributed by atoms with Gasteiger partial charge in [-0.3, -0.25) is 4.79 Å². The van der Waals surface area contributed by atoms with Crippen molar-refractivity contribution in [2.45, 2.75) is 68.4 Å². The van der Waals surface area contributed by atoms with Crippen molar-refractivity contribution in [1.29, 1.82) is 0 Å². The first-order chi connectivity index (χ1) is 13.5. The Hall–Kier alpha value is -1.05. The van der Waals surface area contributed by atoms with Crippen molar-refractivity contribution in [3.8, 4) is 0 Å². The monoisotopic (exact) mass is 424 g/mol. The van der Waals surface area contributed by atoms with Crippen LogP contribution in [0.2, 0.25) is 0 Å². The van der Waals surface area contributed by atoms with Crippen LogP contribution in [0, 0.1) is 6.92 Å². The summed E-state index contributed by atoms with van der Waals surface area (Å²) in [6.45, 7) is 3.60. The molecule has 0 aromatic heterocycles. The van der Waals surface area contributed by atoms with Crippen LogP contribution in [0.25, 0.3) is 0 Å². The van der Waals surface area contributed by atoms with Crippen molar-refractivity contribution in [1.82, 2.24) is 9.62 Å². The predicted molar refractivity (Wildman–Crippen MR) is 115 cm³/mol. The van der Waals surface area contributed by atoms with E-state index < -0.39 is 10.0 Å². The highest BCUT2D eigenvalue weighted by molar-refractivity contribution is 7.99. The van der Waals surface area contributed by atoms with E-state index in [0.717, 1.165) is 42.2 Å². The molecule has 0 radical (unpaired) electrons. The minimum absolute atomic E-state index is 0.183. The number of hydrogen-bond donors (Lipinski definition) is 1. The van der Waals surface area contributed by atoms with Crippen molar-refractivity contribution < 1.29 is 13.2 Å². The van der Waals surface area contributed by atoms with Crippen molar-refractivity contribution in [2.24, 2.45) is 0 Å². The fourth-order valence-corrected chi connectivity index (χ4v) is 6.74. The predicted octanol–water partition coefficient (Wildman–Crippen LogP) is 3.97. The summed E-state index contributed by atoms with van der Waals surface area (Å²) in [5, 5.41) is 3.70. The van der Waals surface area contributed by atoms with Crippen LogP contribution in [-0.4, -0.2) is 49.3 Å². The number of aryl methyl sites for hydroxylation is 1. The average Bonchev–Trinajstić information content (AvgIpc) is 3.04. The topological polar surface area (TPSA) is 66.5 Å². The summed E-state index contributed by atoms with van der Waals surface area (Å²) in [5.74, 6) is 0.721. The molecule has 156 valence electrons. The van der Waals surface area contributed by atoms with Crippen LogP contribution >= 0.6 is 11.8 Å². The third-order valence-corrected chi connectivity index (χ3v) is 8.98. The largest absolute Gasteiger partial charge is 0.351 e. The number of carbonyl (C=O) groups is 1. The molecule has 7 heteroatoms. The van der Waals surface area contributed by atoms with Gasteiger partial charge < -0.3 is 5.32 Å². The average molecular weight is 425 g/mol. The number of amides is 1. The van der Waals surface area contributed by atoms with E-state index in [1.54, 1.807) is 22.5 Å². The van der Waals surface area contributed by atoms with Gasteiger partial charge in [0.25, 0.3) is 5.91 Å². The molecule has 1 saturated heterocycles. The Morgan fingerprint density at radius 2 is 1.79 bits per heavy atom. The first kappa shape index (κ1) is 21.7.